The summed E-state index contributed by atoms with van der Waals surface area (Å²) in [6.45, 7) is 2.03. The lowest BCUT2D eigenvalue weighted by Crippen LogP contribution is -2.29. The number of aryl methyl sites for hydroxylation is 2. The van der Waals surface area contributed by atoms with E-state index in [1.807, 2.05) is 0 Å². The van der Waals surface area contributed by atoms with Gasteiger partial charge in [-0.2, -0.15) is 10.2 Å². The van der Waals surface area contributed by atoms with Gasteiger partial charge in [0.1, 0.15) is 13.1 Å². The summed E-state index contributed by atoms with van der Waals surface area (Å²) in [7, 11) is 0. The predicted molar refractivity (Wildman–Crippen MR) is 90.3 cm³/mol. The van der Waals surface area contributed by atoms with Crippen molar-refractivity contribution in [2.24, 2.45) is 0 Å². The minimum absolute atomic E-state index is 0.214. The van der Waals surface area contributed by atoms with Gasteiger partial charge in [-0.25, -0.2) is 9.36 Å². The third-order valence-corrected chi connectivity index (χ3v) is 3.98. The maximum absolute atomic E-state index is 12.5. The van der Waals surface area contributed by atoms with Crippen molar-refractivity contribution in [2.75, 3.05) is 0 Å². The summed E-state index contributed by atoms with van der Waals surface area (Å²) >= 11 is 0. The van der Waals surface area contributed by atoms with Crippen LogP contribution in [0.1, 0.15) is 11.4 Å². The second kappa shape index (κ2) is 6.06. The monoisotopic (exact) mass is 358 g/mol. The Labute approximate surface area is 144 Å². The van der Waals surface area contributed by atoms with Gasteiger partial charge in [0.25, 0.3) is 11.1 Å². The first-order valence-electron chi connectivity index (χ1n) is 7.55. The van der Waals surface area contributed by atoms with E-state index in [4.69, 9.17) is 10.2 Å². The van der Waals surface area contributed by atoms with E-state index in [9.17, 15) is 19.2 Å². The van der Waals surface area contributed by atoms with Gasteiger partial charge in [-0.15, -0.1) is 0 Å². The van der Waals surface area contributed by atoms with E-state index in [1.54, 1.807) is 13.8 Å². The fourth-order valence-corrected chi connectivity index (χ4v) is 2.86. The Hall–Kier alpha value is -3.56. The second-order valence-corrected chi connectivity index (χ2v) is 5.83. The lowest BCUT2D eigenvalue weighted by Gasteiger charge is -2.10. The predicted octanol–water partition coefficient (Wildman–Crippen LogP) is -0.108. The van der Waals surface area contributed by atoms with Gasteiger partial charge >= 0.3 is 11.9 Å². The number of aliphatic carboxylic acids is 2. The first kappa shape index (κ1) is 17.3. The molecule has 10 heteroatoms. The Bertz CT molecular complexity index is 1110. The number of rotatable bonds is 4. The molecular weight excluding hydrogens is 344 g/mol. The maximum atomic E-state index is 12.5. The minimum Gasteiger partial charge on any atom is -0.480 e. The van der Waals surface area contributed by atoms with Gasteiger partial charge < -0.3 is 10.2 Å². The van der Waals surface area contributed by atoms with Gasteiger partial charge in [-0.1, -0.05) is 0 Å². The van der Waals surface area contributed by atoms with Crippen molar-refractivity contribution in [3.05, 3.63) is 44.2 Å². The van der Waals surface area contributed by atoms with E-state index >= 15 is 0 Å². The first-order chi connectivity index (χ1) is 12.2. The van der Waals surface area contributed by atoms with Crippen molar-refractivity contribution in [2.45, 2.75) is 26.9 Å². The van der Waals surface area contributed by atoms with Crippen molar-refractivity contribution < 1.29 is 19.8 Å². The normalized spacial score (nSPS) is 11.2. The summed E-state index contributed by atoms with van der Waals surface area (Å²) in [5, 5.41) is 27.0. The molecule has 10 nitrogen and oxygen atoms in total. The van der Waals surface area contributed by atoms with Crippen LogP contribution in [0.4, 0.5) is 0 Å². The molecule has 0 spiro atoms. The molecule has 0 fully saturated rings. The number of benzene rings is 1. The van der Waals surface area contributed by atoms with Crippen LogP contribution in [0.2, 0.25) is 0 Å². The van der Waals surface area contributed by atoms with E-state index < -0.39 is 36.1 Å². The number of nitrogens with zero attached hydrogens (tertiary/aromatic N) is 4. The molecule has 0 atom stereocenters. The molecule has 0 saturated carbocycles. The number of aromatic nitrogens is 4. The highest BCUT2D eigenvalue weighted by Gasteiger charge is 2.16. The average Bonchev–Trinajstić information content (AvgIpc) is 2.55. The fraction of sp³-hybridized carbons (Fsp3) is 0.250. The smallest absolute Gasteiger partial charge is 0.325 e. The fourth-order valence-electron chi connectivity index (χ4n) is 2.86. The second-order valence-electron chi connectivity index (χ2n) is 5.83. The lowest BCUT2D eigenvalue weighted by molar-refractivity contribution is -0.139. The zero-order chi connectivity index (χ0) is 19.2. The Kier molecular flexibility index (Phi) is 4.03. The SMILES string of the molecule is Cc1nn(CC(=O)O)c(=O)c2cc3c(C)nn(CC(=O)O)c(=O)c3cc12. The zero-order valence-corrected chi connectivity index (χ0v) is 13.9. The molecule has 0 bridgehead atoms. The molecular formula is C16H14N4O6. The molecule has 3 aromatic rings. The molecule has 2 aromatic heterocycles. The maximum Gasteiger partial charge on any atom is 0.325 e. The summed E-state index contributed by atoms with van der Waals surface area (Å²) in [6, 6.07) is 2.93. The van der Waals surface area contributed by atoms with Crippen molar-refractivity contribution in [3.63, 3.8) is 0 Å². The summed E-state index contributed by atoms with van der Waals surface area (Å²) in [6.07, 6.45) is 0. The molecule has 0 aliphatic heterocycles. The van der Waals surface area contributed by atoms with Gasteiger partial charge in [0.2, 0.25) is 0 Å². The number of carboxylic acid groups (broad SMARTS) is 2. The molecule has 0 radical (unpaired) electrons. The van der Waals surface area contributed by atoms with Crippen LogP contribution in [0, 0.1) is 13.8 Å². The third kappa shape index (κ3) is 2.81. The molecule has 0 saturated heterocycles. The van der Waals surface area contributed by atoms with Crippen LogP contribution in [0.25, 0.3) is 21.5 Å². The first-order valence-corrected chi connectivity index (χ1v) is 7.55. The number of hydrogen-bond donors (Lipinski definition) is 2. The third-order valence-electron chi connectivity index (χ3n) is 3.98. The molecule has 134 valence electrons. The number of carbonyl (C=O) groups is 2. The van der Waals surface area contributed by atoms with Gasteiger partial charge in [-0.3, -0.25) is 19.2 Å². The van der Waals surface area contributed by atoms with Crippen LogP contribution in [0.5, 0.6) is 0 Å². The molecule has 1 aromatic carbocycles. The van der Waals surface area contributed by atoms with E-state index in [-0.39, 0.29) is 10.8 Å². The van der Waals surface area contributed by atoms with Crippen LogP contribution in [0.15, 0.2) is 21.7 Å². The molecule has 2 heterocycles. The van der Waals surface area contributed by atoms with E-state index in [2.05, 4.69) is 10.2 Å². The Morgan fingerprint density at radius 1 is 0.808 bits per heavy atom. The average molecular weight is 358 g/mol. The molecule has 3 rings (SSSR count). The van der Waals surface area contributed by atoms with Crippen molar-refractivity contribution >= 4 is 33.5 Å². The number of fused-ring (bicyclic) bond motifs is 2. The van der Waals surface area contributed by atoms with Gasteiger partial charge in [0.15, 0.2) is 0 Å². The van der Waals surface area contributed by atoms with Gasteiger partial charge in [-0.05, 0) is 26.0 Å². The van der Waals surface area contributed by atoms with Crippen molar-refractivity contribution in [3.8, 4) is 0 Å². The summed E-state index contributed by atoms with van der Waals surface area (Å²) in [5.41, 5.74) is -0.434. The van der Waals surface area contributed by atoms with E-state index in [0.29, 0.717) is 22.2 Å². The van der Waals surface area contributed by atoms with E-state index in [1.165, 1.54) is 12.1 Å². The van der Waals surface area contributed by atoms with Crippen LogP contribution in [-0.4, -0.2) is 41.7 Å². The highest BCUT2D eigenvalue weighted by Crippen LogP contribution is 2.21. The van der Waals surface area contributed by atoms with Crippen molar-refractivity contribution in [1.29, 1.82) is 0 Å². The Morgan fingerprint density at radius 3 is 1.46 bits per heavy atom. The van der Waals surface area contributed by atoms with E-state index in [0.717, 1.165) is 9.36 Å². The van der Waals surface area contributed by atoms with Crippen LogP contribution in [-0.2, 0) is 22.7 Å². The zero-order valence-electron chi connectivity index (χ0n) is 13.9. The Morgan fingerprint density at radius 2 is 1.15 bits per heavy atom. The van der Waals surface area contributed by atoms with Crippen LogP contribution >= 0.6 is 0 Å². The molecule has 0 unspecified atom stereocenters. The van der Waals surface area contributed by atoms with Crippen LogP contribution in [0.3, 0.4) is 0 Å². The quantitative estimate of drug-likeness (QED) is 0.615. The Balaban J connectivity index is 2.40. The summed E-state index contributed by atoms with van der Waals surface area (Å²) < 4.78 is 1.69. The van der Waals surface area contributed by atoms with Gasteiger partial charge in [0.05, 0.1) is 22.2 Å². The summed E-state index contributed by atoms with van der Waals surface area (Å²) in [4.78, 5) is 46.9. The molecule has 0 aliphatic rings. The largest absolute Gasteiger partial charge is 0.480 e. The molecule has 0 aliphatic carbocycles. The lowest BCUT2D eigenvalue weighted by atomic mass is 10.0. The molecule has 0 amide bonds. The van der Waals surface area contributed by atoms with Gasteiger partial charge in [0, 0.05) is 10.8 Å². The number of carboxylic acids is 2. The highest BCUT2D eigenvalue weighted by atomic mass is 16.4. The minimum atomic E-state index is -1.20. The van der Waals surface area contributed by atoms with Crippen molar-refractivity contribution in [1.82, 2.24) is 19.6 Å². The standard InChI is InChI=1S/C16H14N4O6/c1-7-9-3-12-10(8(2)18-20(16(12)26)6-14(23)24)4-11(9)15(25)19(17-7)5-13(21)22/h3-4H,5-6H2,1-2H3,(H,21,22)(H,23,24). The van der Waals surface area contributed by atoms with Crippen LogP contribution < -0.4 is 11.1 Å². The number of hydrogen-bond acceptors (Lipinski definition) is 6. The molecule has 2 N–H and O–H groups in total. The topological polar surface area (TPSA) is 144 Å². The highest BCUT2D eigenvalue weighted by molar-refractivity contribution is 5.99. The molecule has 26 heavy (non-hydrogen) atoms. The summed E-state index contributed by atoms with van der Waals surface area (Å²) in [5.74, 6) is -2.40.